The fourth-order valence-electron chi connectivity index (χ4n) is 6.19. The van der Waals surface area contributed by atoms with E-state index in [1.165, 1.54) is 6.07 Å². The molecule has 9 nitrogen and oxygen atoms in total. The van der Waals surface area contributed by atoms with Crippen LogP contribution in [-0.2, 0) is 11.2 Å². The molecule has 0 radical (unpaired) electrons. The first-order chi connectivity index (χ1) is 25.4. The zero-order chi connectivity index (χ0) is 37.8. The SMILES string of the molecule is CC(=NC(=O)c1c(F)cccc1F)N1CC[C@H](Oc2ccc([C@H](Cc3ccc4ccc(C(=N)NC(=O)c5c(F)cccc5F)cc4c3)C(=O)O)cc2)C1. The molecule has 1 heterocycles. The van der Waals surface area contributed by atoms with Gasteiger partial charge in [-0.05, 0) is 77.7 Å². The van der Waals surface area contributed by atoms with E-state index in [-0.39, 0.29) is 23.9 Å². The molecule has 1 fully saturated rings. The Morgan fingerprint density at radius 2 is 1.49 bits per heavy atom. The largest absolute Gasteiger partial charge is 0.489 e. The maximum absolute atomic E-state index is 14.1. The number of benzene rings is 5. The number of rotatable bonds is 9. The number of nitrogens with zero attached hydrogens (tertiary/aromatic N) is 2. The van der Waals surface area contributed by atoms with Gasteiger partial charge in [0.1, 0.15) is 57.9 Å². The normalized spacial score (nSPS) is 14.9. The van der Waals surface area contributed by atoms with Gasteiger partial charge < -0.3 is 20.1 Å². The molecule has 5 aromatic carbocycles. The van der Waals surface area contributed by atoms with Crippen LogP contribution >= 0.6 is 0 Å². The first kappa shape index (κ1) is 36.4. The van der Waals surface area contributed by atoms with Crippen molar-refractivity contribution in [3.8, 4) is 5.75 Å². The third-order valence-corrected chi connectivity index (χ3v) is 8.99. The van der Waals surface area contributed by atoms with Gasteiger partial charge in [-0.2, -0.15) is 4.99 Å². The van der Waals surface area contributed by atoms with Crippen LogP contribution in [-0.4, -0.2) is 58.7 Å². The summed E-state index contributed by atoms with van der Waals surface area (Å²) < 4.78 is 62.3. The van der Waals surface area contributed by atoms with E-state index in [0.717, 1.165) is 35.7 Å². The van der Waals surface area contributed by atoms with Crippen LogP contribution in [0, 0.1) is 28.7 Å². The Bertz CT molecular complexity index is 2240. The molecule has 5 aromatic rings. The molecule has 13 heteroatoms. The number of nitrogens with one attached hydrogen (secondary N) is 2. The van der Waals surface area contributed by atoms with Gasteiger partial charge in [0.25, 0.3) is 11.8 Å². The van der Waals surface area contributed by atoms with E-state index >= 15 is 0 Å². The topological polar surface area (TPSA) is 132 Å². The summed E-state index contributed by atoms with van der Waals surface area (Å²) in [6.45, 7) is 2.46. The van der Waals surface area contributed by atoms with E-state index in [1.807, 2.05) is 6.07 Å². The lowest BCUT2D eigenvalue weighted by molar-refractivity contribution is -0.138. The highest BCUT2D eigenvalue weighted by molar-refractivity contribution is 6.12. The van der Waals surface area contributed by atoms with Crippen molar-refractivity contribution in [3.05, 3.63) is 148 Å². The Morgan fingerprint density at radius 3 is 2.13 bits per heavy atom. The summed E-state index contributed by atoms with van der Waals surface area (Å²) in [5.74, 6) is -7.68. The van der Waals surface area contributed by atoms with E-state index < -0.39 is 58.1 Å². The molecular weight excluding hydrogens is 692 g/mol. The molecule has 0 unspecified atom stereocenters. The molecule has 0 saturated carbocycles. The maximum Gasteiger partial charge on any atom is 0.311 e. The van der Waals surface area contributed by atoms with Gasteiger partial charge in [0, 0.05) is 18.5 Å². The number of carboxylic acids is 1. The van der Waals surface area contributed by atoms with Gasteiger partial charge in [-0.1, -0.05) is 54.6 Å². The highest BCUT2D eigenvalue weighted by Crippen LogP contribution is 2.28. The van der Waals surface area contributed by atoms with E-state index in [4.69, 9.17) is 10.1 Å². The highest BCUT2D eigenvalue weighted by Gasteiger charge is 2.27. The summed E-state index contributed by atoms with van der Waals surface area (Å²) in [4.78, 5) is 43.1. The first-order valence-corrected chi connectivity index (χ1v) is 16.5. The van der Waals surface area contributed by atoms with Crippen LogP contribution in [0.5, 0.6) is 5.75 Å². The van der Waals surface area contributed by atoms with E-state index in [0.29, 0.717) is 47.6 Å². The van der Waals surface area contributed by atoms with E-state index in [1.54, 1.807) is 66.4 Å². The van der Waals surface area contributed by atoms with Crippen LogP contribution in [0.3, 0.4) is 0 Å². The van der Waals surface area contributed by atoms with Crippen LogP contribution in [0.4, 0.5) is 17.6 Å². The standard InChI is InChI=1S/C40H32F4N4O5/c1-22(46-38(49)35-31(41)4-2-5-32(35)42)48-17-16-29(21-48)53-28-14-12-25(13-15-28)30(40(51)52)19-23-8-9-24-10-11-26(20-27(24)18-23)37(45)47-39(50)36-33(43)6-3-7-34(36)44/h2-15,18,20,29-30H,16-17,19,21H2,1H3,(H,51,52)(H2,45,47,50)/t29-,30-/m0/s1. The Balaban J connectivity index is 1.09. The molecule has 0 aliphatic carbocycles. The first-order valence-electron chi connectivity index (χ1n) is 16.5. The quantitative estimate of drug-likeness (QED) is 0.0833. The molecule has 6 rings (SSSR count). The number of carboxylic acid groups (broad SMARTS) is 1. The highest BCUT2D eigenvalue weighted by atomic mass is 19.1. The summed E-state index contributed by atoms with van der Waals surface area (Å²) >= 11 is 0. The van der Waals surface area contributed by atoms with Crippen molar-refractivity contribution in [3.63, 3.8) is 0 Å². The van der Waals surface area contributed by atoms with Crippen molar-refractivity contribution in [2.75, 3.05) is 13.1 Å². The second-order valence-electron chi connectivity index (χ2n) is 12.5. The Labute approximate surface area is 301 Å². The fraction of sp³-hybridized carbons (Fsp3) is 0.175. The van der Waals surface area contributed by atoms with Gasteiger partial charge >= 0.3 is 5.97 Å². The molecule has 0 spiro atoms. The number of halogens is 4. The lowest BCUT2D eigenvalue weighted by Gasteiger charge is -2.19. The minimum absolute atomic E-state index is 0.141. The Kier molecular flexibility index (Phi) is 10.6. The van der Waals surface area contributed by atoms with Crippen molar-refractivity contribution >= 4 is 40.2 Å². The molecule has 1 saturated heterocycles. The van der Waals surface area contributed by atoms with Crippen molar-refractivity contribution in [2.45, 2.75) is 31.8 Å². The predicted molar refractivity (Wildman–Crippen MR) is 190 cm³/mol. The molecule has 0 bridgehead atoms. The number of fused-ring (bicyclic) bond motifs is 1. The van der Waals surface area contributed by atoms with Crippen LogP contribution < -0.4 is 10.1 Å². The lowest BCUT2D eigenvalue weighted by Crippen LogP contribution is -2.31. The summed E-state index contributed by atoms with van der Waals surface area (Å²) in [7, 11) is 0. The second-order valence-corrected chi connectivity index (χ2v) is 12.5. The molecule has 1 aliphatic heterocycles. The van der Waals surface area contributed by atoms with Crippen LogP contribution in [0.2, 0.25) is 0 Å². The van der Waals surface area contributed by atoms with Crippen molar-refractivity contribution in [2.24, 2.45) is 4.99 Å². The lowest BCUT2D eigenvalue weighted by atomic mass is 9.91. The van der Waals surface area contributed by atoms with Gasteiger partial charge in [0.15, 0.2) is 0 Å². The zero-order valence-electron chi connectivity index (χ0n) is 28.2. The summed E-state index contributed by atoms with van der Waals surface area (Å²) in [6.07, 6.45) is 0.454. The molecule has 0 aromatic heterocycles. The third kappa shape index (κ3) is 8.25. The number of hydrogen-bond donors (Lipinski definition) is 3. The fourth-order valence-corrected chi connectivity index (χ4v) is 6.19. The maximum atomic E-state index is 14.1. The predicted octanol–water partition coefficient (Wildman–Crippen LogP) is 7.27. The number of ether oxygens (including phenoxy) is 1. The van der Waals surface area contributed by atoms with Gasteiger partial charge in [0.2, 0.25) is 0 Å². The molecule has 2 amide bonds. The van der Waals surface area contributed by atoms with Gasteiger partial charge in [-0.25, -0.2) is 17.6 Å². The molecule has 270 valence electrons. The third-order valence-electron chi connectivity index (χ3n) is 8.99. The van der Waals surface area contributed by atoms with E-state index in [2.05, 4.69) is 10.3 Å². The number of carbonyl (C=O) groups is 3. The average molecular weight is 725 g/mol. The number of amidine groups is 2. The van der Waals surface area contributed by atoms with Crippen LogP contribution in [0.15, 0.2) is 102 Å². The van der Waals surface area contributed by atoms with Crippen LogP contribution in [0.25, 0.3) is 10.8 Å². The smallest absolute Gasteiger partial charge is 0.311 e. The number of hydrogen-bond acceptors (Lipinski definition) is 5. The summed E-state index contributed by atoms with van der Waals surface area (Å²) in [5.41, 5.74) is 0.0160. The van der Waals surface area contributed by atoms with Gasteiger partial charge in [0.05, 0.1) is 12.5 Å². The molecule has 2 atom stereocenters. The summed E-state index contributed by atoms with van der Waals surface area (Å²) in [6, 6.07) is 23.2. The number of aliphatic carboxylic acids is 1. The Hall–Kier alpha value is -6.37. The number of likely N-dealkylation sites (tertiary alicyclic amines) is 1. The zero-order valence-corrected chi connectivity index (χ0v) is 28.2. The van der Waals surface area contributed by atoms with Crippen molar-refractivity contribution < 1.29 is 41.8 Å². The molecular formula is C40H32F4N4O5. The van der Waals surface area contributed by atoms with Gasteiger partial charge in [-0.3, -0.25) is 19.8 Å². The number of carbonyl (C=O) groups excluding carboxylic acids is 2. The van der Waals surface area contributed by atoms with E-state index in [9.17, 15) is 37.1 Å². The monoisotopic (exact) mass is 724 g/mol. The minimum atomic E-state index is -1.10. The molecule has 1 aliphatic rings. The number of amides is 2. The average Bonchev–Trinajstić information content (AvgIpc) is 3.59. The van der Waals surface area contributed by atoms with Crippen molar-refractivity contribution in [1.29, 1.82) is 5.41 Å². The minimum Gasteiger partial charge on any atom is -0.489 e. The summed E-state index contributed by atoms with van der Waals surface area (Å²) in [5, 5.41) is 22.2. The number of aliphatic imine (C=N–C) groups is 1. The van der Waals surface area contributed by atoms with Crippen LogP contribution in [0.1, 0.15) is 56.7 Å². The molecule has 3 N–H and O–H groups in total. The molecule has 53 heavy (non-hydrogen) atoms. The van der Waals surface area contributed by atoms with Crippen molar-refractivity contribution in [1.82, 2.24) is 10.2 Å². The second kappa shape index (κ2) is 15.5. The Morgan fingerprint density at radius 1 is 0.868 bits per heavy atom. The van der Waals surface area contributed by atoms with Gasteiger partial charge in [-0.15, -0.1) is 0 Å².